The minimum atomic E-state index is -0.198. The maximum Gasteiger partial charge on any atom is 0.255 e. The summed E-state index contributed by atoms with van der Waals surface area (Å²) in [5.74, 6) is 0.494. The van der Waals surface area contributed by atoms with E-state index in [1.165, 1.54) is 0 Å². The lowest BCUT2D eigenvalue weighted by Crippen LogP contribution is -2.11. The molecule has 104 valence electrons. The van der Waals surface area contributed by atoms with Crippen molar-refractivity contribution in [3.8, 4) is 5.75 Å². The van der Waals surface area contributed by atoms with Gasteiger partial charge in [0.05, 0.1) is 18.1 Å². The van der Waals surface area contributed by atoms with Crippen molar-refractivity contribution in [2.45, 2.75) is 0 Å². The van der Waals surface area contributed by atoms with Crippen LogP contribution in [-0.4, -0.2) is 23.0 Å². The minimum Gasteiger partial charge on any atom is -0.497 e. The van der Waals surface area contributed by atoms with Crippen molar-refractivity contribution in [1.82, 2.24) is 9.97 Å². The Labute approximate surface area is 121 Å². The zero-order valence-electron chi connectivity index (χ0n) is 11.4. The second-order valence-electron chi connectivity index (χ2n) is 4.45. The van der Waals surface area contributed by atoms with E-state index in [9.17, 15) is 4.79 Å². The summed E-state index contributed by atoms with van der Waals surface area (Å²) in [6.07, 6.45) is 3.23. The molecule has 0 unspecified atom stereocenters. The molecule has 0 saturated carbocycles. The quantitative estimate of drug-likeness (QED) is 0.800. The fourth-order valence-electron chi connectivity index (χ4n) is 2.01. The van der Waals surface area contributed by atoms with E-state index in [-0.39, 0.29) is 5.91 Å². The van der Waals surface area contributed by atoms with Crippen LogP contribution in [0.3, 0.4) is 0 Å². The second-order valence-corrected chi connectivity index (χ2v) is 4.45. The molecule has 0 spiro atoms. The third kappa shape index (κ3) is 2.81. The molecular weight excluding hydrogens is 266 g/mol. The average Bonchev–Trinajstić information content (AvgIpc) is 2.54. The number of nitrogens with zero attached hydrogens (tertiary/aromatic N) is 2. The van der Waals surface area contributed by atoms with Crippen LogP contribution in [0, 0.1) is 0 Å². The summed E-state index contributed by atoms with van der Waals surface area (Å²) in [5, 5.41) is 2.83. The van der Waals surface area contributed by atoms with Crippen molar-refractivity contribution in [1.29, 1.82) is 0 Å². The molecule has 1 heterocycles. The van der Waals surface area contributed by atoms with Gasteiger partial charge in [0.25, 0.3) is 5.91 Å². The number of hydrogen-bond acceptors (Lipinski definition) is 4. The van der Waals surface area contributed by atoms with Crippen molar-refractivity contribution in [3.05, 3.63) is 60.4 Å². The van der Waals surface area contributed by atoms with E-state index in [1.54, 1.807) is 49.8 Å². The second kappa shape index (κ2) is 5.58. The highest BCUT2D eigenvalue weighted by Gasteiger charge is 2.08. The largest absolute Gasteiger partial charge is 0.497 e. The van der Waals surface area contributed by atoms with Gasteiger partial charge in [-0.05, 0) is 30.3 Å². The van der Waals surface area contributed by atoms with Gasteiger partial charge in [0, 0.05) is 29.7 Å². The third-order valence-electron chi connectivity index (χ3n) is 3.06. The van der Waals surface area contributed by atoms with Crippen LogP contribution in [-0.2, 0) is 0 Å². The van der Waals surface area contributed by atoms with E-state index < -0.39 is 0 Å². The first-order valence-corrected chi connectivity index (χ1v) is 6.42. The molecule has 0 aliphatic rings. The Morgan fingerprint density at radius 2 is 1.86 bits per heavy atom. The van der Waals surface area contributed by atoms with Gasteiger partial charge in [-0.15, -0.1) is 0 Å². The smallest absolute Gasteiger partial charge is 0.255 e. The van der Waals surface area contributed by atoms with Gasteiger partial charge in [0.15, 0.2) is 0 Å². The van der Waals surface area contributed by atoms with Crippen LogP contribution < -0.4 is 10.1 Å². The zero-order valence-corrected chi connectivity index (χ0v) is 11.4. The van der Waals surface area contributed by atoms with E-state index in [4.69, 9.17) is 4.74 Å². The van der Waals surface area contributed by atoms with Crippen molar-refractivity contribution >= 4 is 22.6 Å². The molecular formula is C16H13N3O2. The molecule has 5 heteroatoms. The van der Waals surface area contributed by atoms with Gasteiger partial charge in [0.2, 0.25) is 0 Å². The fourth-order valence-corrected chi connectivity index (χ4v) is 2.01. The molecule has 1 amide bonds. The van der Waals surface area contributed by atoms with Gasteiger partial charge in [-0.1, -0.05) is 6.07 Å². The molecule has 3 rings (SSSR count). The van der Waals surface area contributed by atoms with Crippen LogP contribution in [0.4, 0.5) is 5.69 Å². The average molecular weight is 279 g/mol. The molecule has 1 aromatic heterocycles. The molecule has 3 aromatic rings. The molecule has 2 aromatic carbocycles. The number of rotatable bonds is 3. The van der Waals surface area contributed by atoms with E-state index in [0.717, 1.165) is 5.52 Å². The first-order chi connectivity index (χ1) is 10.3. The maximum atomic E-state index is 12.3. The molecule has 0 saturated heterocycles. The third-order valence-corrected chi connectivity index (χ3v) is 3.06. The van der Waals surface area contributed by atoms with Crippen LogP contribution in [0.2, 0.25) is 0 Å². The van der Waals surface area contributed by atoms with Gasteiger partial charge in [-0.25, -0.2) is 0 Å². The molecule has 1 N–H and O–H groups in total. The Morgan fingerprint density at radius 3 is 2.67 bits per heavy atom. The van der Waals surface area contributed by atoms with Crippen LogP contribution in [0.15, 0.2) is 54.9 Å². The Hall–Kier alpha value is -2.95. The number of nitrogens with one attached hydrogen (secondary N) is 1. The number of ether oxygens (including phenoxy) is 1. The van der Waals surface area contributed by atoms with E-state index in [2.05, 4.69) is 15.3 Å². The summed E-state index contributed by atoms with van der Waals surface area (Å²) in [6, 6.07) is 12.4. The van der Waals surface area contributed by atoms with Gasteiger partial charge in [0.1, 0.15) is 5.75 Å². The van der Waals surface area contributed by atoms with Gasteiger partial charge in [-0.3, -0.25) is 14.8 Å². The summed E-state index contributed by atoms with van der Waals surface area (Å²) in [7, 11) is 1.59. The van der Waals surface area contributed by atoms with Crippen molar-refractivity contribution < 1.29 is 9.53 Å². The number of carbonyl (C=O) groups is 1. The number of benzene rings is 2. The zero-order chi connectivity index (χ0) is 14.7. The lowest BCUT2D eigenvalue weighted by atomic mass is 10.1. The maximum absolute atomic E-state index is 12.3. The van der Waals surface area contributed by atoms with E-state index in [1.807, 2.05) is 12.1 Å². The number of aromatic nitrogens is 2. The molecule has 21 heavy (non-hydrogen) atoms. The predicted octanol–water partition coefficient (Wildman–Crippen LogP) is 2.89. The first-order valence-electron chi connectivity index (χ1n) is 6.42. The summed E-state index contributed by atoms with van der Waals surface area (Å²) >= 11 is 0. The Bertz CT molecular complexity index is 802. The Balaban J connectivity index is 1.86. The molecule has 0 fully saturated rings. The Morgan fingerprint density at radius 1 is 1.05 bits per heavy atom. The molecule has 0 bridgehead atoms. The summed E-state index contributed by atoms with van der Waals surface area (Å²) in [6.45, 7) is 0. The molecule has 0 atom stereocenters. The number of fused-ring (bicyclic) bond motifs is 1. The normalized spacial score (nSPS) is 10.3. The summed E-state index contributed by atoms with van der Waals surface area (Å²) in [4.78, 5) is 20.6. The van der Waals surface area contributed by atoms with Crippen LogP contribution in [0.5, 0.6) is 5.75 Å². The van der Waals surface area contributed by atoms with Crippen LogP contribution >= 0.6 is 0 Å². The van der Waals surface area contributed by atoms with Gasteiger partial charge >= 0.3 is 0 Å². The van der Waals surface area contributed by atoms with E-state index >= 15 is 0 Å². The highest BCUT2D eigenvalue weighted by Crippen LogP contribution is 2.18. The lowest BCUT2D eigenvalue weighted by molar-refractivity contribution is 0.102. The van der Waals surface area contributed by atoms with E-state index in [0.29, 0.717) is 22.5 Å². The number of methoxy groups -OCH3 is 1. The first kappa shape index (κ1) is 13.1. The predicted molar refractivity (Wildman–Crippen MR) is 80.5 cm³/mol. The fraction of sp³-hybridized carbons (Fsp3) is 0.0625. The summed E-state index contributed by atoms with van der Waals surface area (Å²) in [5.41, 5.74) is 2.66. The number of hydrogen-bond donors (Lipinski definition) is 1. The van der Waals surface area contributed by atoms with Crippen molar-refractivity contribution in [3.63, 3.8) is 0 Å². The monoisotopic (exact) mass is 279 g/mol. The van der Waals surface area contributed by atoms with Crippen LogP contribution in [0.25, 0.3) is 11.0 Å². The lowest BCUT2D eigenvalue weighted by Gasteiger charge is -2.07. The highest BCUT2D eigenvalue weighted by molar-refractivity contribution is 6.05. The van der Waals surface area contributed by atoms with Crippen LogP contribution in [0.1, 0.15) is 10.4 Å². The SMILES string of the molecule is COc1cccc(NC(=O)c2ccc3nccnc3c2)c1. The summed E-state index contributed by atoms with van der Waals surface area (Å²) < 4.78 is 5.13. The molecule has 0 aliphatic carbocycles. The number of amides is 1. The Kier molecular flexibility index (Phi) is 3.47. The highest BCUT2D eigenvalue weighted by atomic mass is 16.5. The molecule has 5 nitrogen and oxygen atoms in total. The number of carbonyl (C=O) groups excluding carboxylic acids is 1. The molecule has 0 radical (unpaired) electrons. The minimum absolute atomic E-state index is 0.198. The topological polar surface area (TPSA) is 64.1 Å². The van der Waals surface area contributed by atoms with Crippen molar-refractivity contribution in [2.24, 2.45) is 0 Å². The van der Waals surface area contributed by atoms with Crippen molar-refractivity contribution in [2.75, 3.05) is 12.4 Å². The van der Waals surface area contributed by atoms with Gasteiger partial charge < -0.3 is 10.1 Å². The number of anilines is 1. The van der Waals surface area contributed by atoms with Gasteiger partial charge in [-0.2, -0.15) is 0 Å². The molecule has 0 aliphatic heterocycles. The standard InChI is InChI=1S/C16H13N3O2/c1-21-13-4-2-3-12(10-13)19-16(20)11-5-6-14-15(9-11)18-8-7-17-14/h2-10H,1H3,(H,19,20).